The van der Waals surface area contributed by atoms with Crippen molar-refractivity contribution in [2.45, 2.75) is 26.2 Å². The third kappa shape index (κ3) is 3.62. The van der Waals surface area contributed by atoms with E-state index >= 15 is 0 Å². The molecule has 1 aromatic heterocycles. The van der Waals surface area contributed by atoms with E-state index in [1.165, 1.54) is 12.8 Å². The van der Waals surface area contributed by atoms with E-state index in [9.17, 15) is 4.79 Å². The molecule has 5 heteroatoms. The predicted octanol–water partition coefficient (Wildman–Crippen LogP) is 2.43. The second-order valence-electron chi connectivity index (χ2n) is 5.41. The zero-order chi connectivity index (χ0) is 14.7. The van der Waals surface area contributed by atoms with Crippen molar-refractivity contribution in [1.29, 1.82) is 0 Å². The highest BCUT2D eigenvalue weighted by atomic mass is 16.5. The summed E-state index contributed by atoms with van der Waals surface area (Å²) in [4.78, 5) is 11.6. The van der Waals surface area contributed by atoms with Crippen molar-refractivity contribution < 1.29 is 9.53 Å². The van der Waals surface area contributed by atoms with Gasteiger partial charge in [0, 0.05) is 12.5 Å². The molecule has 1 aliphatic rings. The Balaban J connectivity index is 1.61. The molecule has 1 saturated carbocycles. The number of hydrogen-bond acceptors (Lipinski definition) is 3. The molecule has 5 nitrogen and oxygen atoms in total. The quantitative estimate of drug-likeness (QED) is 0.829. The van der Waals surface area contributed by atoms with Gasteiger partial charge < -0.3 is 10.1 Å². The third-order valence-corrected chi connectivity index (χ3v) is 3.46. The smallest absolute Gasteiger partial charge is 0.222 e. The van der Waals surface area contributed by atoms with Crippen molar-refractivity contribution in [3.05, 3.63) is 42.1 Å². The van der Waals surface area contributed by atoms with Gasteiger partial charge in [0.2, 0.25) is 11.8 Å². The summed E-state index contributed by atoms with van der Waals surface area (Å²) in [6.07, 6.45) is 2.96. The number of amides is 1. The van der Waals surface area contributed by atoms with Crippen molar-refractivity contribution >= 4 is 5.91 Å². The second-order valence-corrected chi connectivity index (χ2v) is 5.41. The highest BCUT2D eigenvalue weighted by molar-refractivity contribution is 5.76. The first kappa shape index (κ1) is 13.7. The topological polar surface area (TPSA) is 56.1 Å². The summed E-state index contributed by atoms with van der Waals surface area (Å²) in [5, 5.41) is 7.20. The average molecular weight is 285 g/mol. The number of para-hydroxylation sites is 1. The predicted molar refractivity (Wildman–Crippen MR) is 79.3 cm³/mol. The molecule has 1 aliphatic carbocycles. The van der Waals surface area contributed by atoms with Crippen LogP contribution in [0.15, 0.2) is 36.4 Å². The van der Waals surface area contributed by atoms with Gasteiger partial charge in [0.1, 0.15) is 0 Å². The van der Waals surface area contributed by atoms with Crippen LogP contribution in [0.5, 0.6) is 5.88 Å². The number of aromatic nitrogens is 2. The number of nitrogens with zero attached hydrogens (tertiary/aromatic N) is 2. The molecule has 0 atom stereocenters. The van der Waals surface area contributed by atoms with Crippen LogP contribution in [0.25, 0.3) is 5.69 Å². The fourth-order valence-corrected chi connectivity index (χ4v) is 2.18. The standard InChI is InChI=1S/C16H19N3O2/c1-12-9-16(19(18-12)14-5-3-2-4-6-14)21-11-17-15(20)10-13-7-8-13/h2-6,9,13H,7-8,10-11H2,1H3,(H,17,20). The molecule has 0 saturated heterocycles. The van der Waals surface area contributed by atoms with E-state index in [0.29, 0.717) is 18.2 Å². The van der Waals surface area contributed by atoms with Crippen LogP contribution in [-0.4, -0.2) is 22.4 Å². The lowest BCUT2D eigenvalue weighted by Gasteiger charge is -2.10. The molecule has 21 heavy (non-hydrogen) atoms. The molecule has 0 spiro atoms. The van der Waals surface area contributed by atoms with E-state index in [0.717, 1.165) is 11.4 Å². The first-order valence-electron chi connectivity index (χ1n) is 7.24. The Morgan fingerprint density at radius 1 is 1.38 bits per heavy atom. The number of carbonyl (C=O) groups is 1. The van der Waals surface area contributed by atoms with Gasteiger partial charge in [-0.15, -0.1) is 0 Å². The summed E-state index contributed by atoms with van der Waals surface area (Å²) in [7, 11) is 0. The van der Waals surface area contributed by atoms with E-state index < -0.39 is 0 Å². The van der Waals surface area contributed by atoms with Gasteiger partial charge >= 0.3 is 0 Å². The maximum absolute atomic E-state index is 11.6. The first-order valence-corrected chi connectivity index (χ1v) is 7.24. The summed E-state index contributed by atoms with van der Waals surface area (Å²) in [6, 6.07) is 11.6. The van der Waals surface area contributed by atoms with E-state index in [4.69, 9.17) is 4.74 Å². The summed E-state index contributed by atoms with van der Waals surface area (Å²) >= 11 is 0. The minimum Gasteiger partial charge on any atom is -0.456 e. The molecule has 1 N–H and O–H groups in total. The van der Waals surface area contributed by atoms with Gasteiger partial charge in [-0.2, -0.15) is 5.10 Å². The SMILES string of the molecule is Cc1cc(OCNC(=O)CC2CC2)n(-c2ccccc2)n1. The lowest BCUT2D eigenvalue weighted by molar-refractivity contribution is -0.122. The molecule has 110 valence electrons. The van der Waals surface area contributed by atoms with Gasteiger partial charge in [-0.25, -0.2) is 4.68 Å². The van der Waals surface area contributed by atoms with Crippen LogP contribution >= 0.6 is 0 Å². The number of ether oxygens (including phenoxy) is 1. The Morgan fingerprint density at radius 3 is 2.86 bits per heavy atom. The molecule has 0 unspecified atom stereocenters. The lowest BCUT2D eigenvalue weighted by atomic mass is 10.3. The molecule has 0 radical (unpaired) electrons. The highest BCUT2D eigenvalue weighted by Gasteiger charge is 2.24. The fraction of sp³-hybridized carbons (Fsp3) is 0.375. The van der Waals surface area contributed by atoms with Gasteiger partial charge in [0.05, 0.1) is 11.4 Å². The van der Waals surface area contributed by atoms with Gasteiger partial charge in [-0.1, -0.05) is 18.2 Å². The molecule has 1 aromatic carbocycles. The van der Waals surface area contributed by atoms with E-state index in [1.807, 2.05) is 43.3 Å². The van der Waals surface area contributed by atoms with Crippen LogP contribution in [0.2, 0.25) is 0 Å². The molecular weight excluding hydrogens is 266 g/mol. The highest BCUT2D eigenvalue weighted by Crippen LogP contribution is 2.32. The molecule has 0 bridgehead atoms. The number of hydrogen-bond donors (Lipinski definition) is 1. The van der Waals surface area contributed by atoms with Crippen LogP contribution in [0, 0.1) is 12.8 Å². The van der Waals surface area contributed by atoms with Crippen LogP contribution in [0.1, 0.15) is 25.0 Å². The zero-order valence-corrected chi connectivity index (χ0v) is 12.1. The Kier molecular flexibility index (Phi) is 3.90. The number of benzene rings is 1. The minimum absolute atomic E-state index is 0.0556. The van der Waals surface area contributed by atoms with Crippen LogP contribution in [0.3, 0.4) is 0 Å². The number of rotatable bonds is 6. The maximum atomic E-state index is 11.6. The summed E-state index contributed by atoms with van der Waals surface area (Å²) in [6.45, 7) is 2.08. The Bertz CT molecular complexity index is 618. The molecular formula is C16H19N3O2. The van der Waals surface area contributed by atoms with Crippen molar-refractivity contribution in [2.24, 2.45) is 5.92 Å². The first-order chi connectivity index (χ1) is 10.2. The normalized spacial score (nSPS) is 14.0. The van der Waals surface area contributed by atoms with Gasteiger partial charge in [0.25, 0.3) is 0 Å². The average Bonchev–Trinajstić information content (AvgIpc) is 3.21. The van der Waals surface area contributed by atoms with E-state index in [2.05, 4.69) is 10.4 Å². The Hall–Kier alpha value is -2.30. The summed E-state index contributed by atoms with van der Waals surface area (Å²) in [5.41, 5.74) is 1.81. The fourth-order valence-electron chi connectivity index (χ4n) is 2.18. The molecule has 1 amide bonds. The monoisotopic (exact) mass is 285 g/mol. The largest absolute Gasteiger partial charge is 0.456 e. The molecule has 1 heterocycles. The van der Waals surface area contributed by atoms with Gasteiger partial charge in [-0.3, -0.25) is 4.79 Å². The Morgan fingerprint density at radius 2 is 2.14 bits per heavy atom. The third-order valence-electron chi connectivity index (χ3n) is 3.46. The van der Waals surface area contributed by atoms with Crippen molar-refractivity contribution in [3.63, 3.8) is 0 Å². The number of aryl methyl sites for hydroxylation is 1. The van der Waals surface area contributed by atoms with E-state index in [-0.39, 0.29) is 12.6 Å². The van der Waals surface area contributed by atoms with Gasteiger partial charge in [0.15, 0.2) is 6.73 Å². The number of carbonyl (C=O) groups excluding carboxylic acids is 1. The Labute approximate surface area is 123 Å². The zero-order valence-electron chi connectivity index (χ0n) is 12.1. The molecule has 1 fully saturated rings. The lowest BCUT2D eigenvalue weighted by Crippen LogP contribution is -2.28. The van der Waals surface area contributed by atoms with Crippen molar-refractivity contribution in [1.82, 2.24) is 15.1 Å². The van der Waals surface area contributed by atoms with Crippen molar-refractivity contribution in [2.75, 3.05) is 6.73 Å². The molecule has 3 rings (SSSR count). The summed E-state index contributed by atoms with van der Waals surface area (Å²) in [5.74, 6) is 1.27. The van der Waals surface area contributed by atoms with Crippen LogP contribution < -0.4 is 10.1 Å². The molecule has 0 aliphatic heterocycles. The van der Waals surface area contributed by atoms with Crippen molar-refractivity contribution in [3.8, 4) is 11.6 Å². The van der Waals surface area contributed by atoms with Crippen LogP contribution in [0.4, 0.5) is 0 Å². The summed E-state index contributed by atoms with van der Waals surface area (Å²) < 4.78 is 7.39. The maximum Gasteiger partial charge on any atom is 0.222 e. The number of nitrogens with one attached hydrogen (secondary N) is 1. The minimum atomic E-state index is 0.0556. The van der Waals surface area contributed by atoms with Crippen LogP contribution in [-0.2, 0) is 4.79 Å². The van der Waals surface area contributed by atoms with E-state index in [1.54, 1.807) is 4.68 Å². The second kappa shape index (κ2) is 5.99. The van der Waals surface area contributed by atoms with Gasteiger partial charge in [-0.05, 0) is 37.8 Å². The molecule has 2 aromatic rings.